The summed E-state index contributed by atoms with van der Waals surface area (Å²) in [4.78, 5) is 13.4. The van der Waals surface area contributed by atoms with E-state index >= 15 is 0 Å². The molecule has 0 spiro atoms. The molecule has 2 aliphatic rings. The normalized spacial score (nSPS) is 20.4. The number of rotatable bonds is 7. The summed E-state index contributed by atoms with van der Waals surface area (Å²) in [7, 11) is 1.58. The molecule has 6 heteroatoms. The Bertz CT molecular complexity index is 904. The zero-order valence-corrected chi connectivity index (χ0v) is 18.0. The summed E-state index contributed by atoms with van der Waals surface area (Å²) in [5.74, 6) is 0.339. The van der Waals surface area contributed by atoms with E-state index in [2.05, 4.69) is 5.32 Å². The van der Waals surface area contributed by atoms with E-state index in [1.807, 2.05) is 24.3 Å². The van der Waals surface area contributed by atoms with Crippen LogP contribution in [0, 0.1) is 11.2 Å². The molecule has 166 valence electrons. The van der Waals surface area contributed by atoms with Gasteiger partial charge in [0.15, 0.2) is 0 Å². The Balaban J connectivity index is 1.62. The zero-order valence-electron chi connectivity index (χ0n) is 18.0. The van der Waals surface area contributed by atoms with Crippen LogP contribution in [0.15, 0.2) is 42.5 Å². The summed E-state index contributed by atoms with van der Waals surface area (Å²) >= 11 is 0. The van der Waals surface area contributed by atoms with E-state index in [1.165, 1.54) is 12.1 Å². The Morgan fingerprint density at radius 1 is 1.16 bits per heavy atom. The highest BCUT2D eigenvalue weighted by molar-refractivity contribution is 5.84. The second-order valence-electron chi connectivity index (χ2n) is 8.42. The van der Waals surface area contributed by atoms with Crippen molar-refractivity contribution in [3.63, 3.8) is 0 Å². The maximum atomic E-state index is 14.1. The number of benzene rings is 2. The molecule has 0 aromatic heterocycles. The molecule has 2 saturated heterocycles. The quantitative estimate of drug-likeness (QED) is 0.722. The number of halogens is 1. The number of nitrogens with one attached hydrogen (secondary N) is 1. The predicted octanol–water partition coefficient (Wildman–Crippen LogP) is 4.14. The van der Waals surface area contributed by atoms with Gasteiger partial charge in [0.05, 0.1) is 18.6 Å². The van der Waals surface area contributed by atoms with Crippen LogP contribution in [0.1, 0.15) is 31.2 Å². The van der Waals surface area contributed by atoms with Crippen LogP contribution in [0.2, 0.25) is 0 Å². The van der Waals surface area contributed by atoms with Gasteiger partial charge in [0.1, 0.15) is 11.6 Å². The topological polar surface area (TPSA) is 56.8 Å². The summed E-state index contributed by atoms with van der Waals surface area (Å²) in [6.07, 6.45) is 3.99. The SMILES string of the molecule is COc1ccc(F)cc1-c1ccccc1CC1(C(=O)NCC2CCCO2)CCOCC1. The number of methoxy groups -OCH3 is 1. The van der Waals surface area contributed by atoms with Crippen molar-refractivity contribution in [3.05, 3.63) is 53.8 Å². The average molecular weight is 428 g/mol. The second-order valence-corrected chi connectivity index (χ2v) is 8.42. The number of carbonyl (C=O) groups is 1. The molecule has 2 fully saturated rings. The van der Waals surface area contributed by atoms with Crippen LogP contribution in [-0.4, -0.2) is 45.5 Å². The first kappa shape index (κ1) is 21.8. The molecule has 31 heavy (non-hydrogen) atoms. The molecule has 0 bridgehead atoms. The highest BCUT2D eigenvalue weighted by atomic mass is 19.1. The number of ether oxygens (including phenoxy) is 3. The minimum atomic E-state index is -0.562. The molecule has 1 unspecified atom stereocenters. The van der Waals surface area contributed by atoms with Gasteiger partial charge in [-0.1, -0.05) is 24.3 Å². The first-order valence-electron chi connectivity index (χ1n) is 11.0. The molecule has 0 saturated carbocycles. The number of hydrogen-bond acceptors (Lipinski definition) is 4. The van der Waals surface area contributed by atoms with Crippen LogP contribution in [0.3, 0.4) is 0 Å². The third-order valence-corrected chi connectivity index (χ3v) is 6.44. The summed E-state index contributed by atoms with van der Waals surface area (Å²) in [6.45, 7) is 2.42. The summed E-state index contributed by atoms with van der Waals surface area (Å²) in [5.41, 5.74) is 2.02. The second kappa shape index (κ2) is 9.79. The molecule has 2 aliphatic heterocycles. The predicted molar refractivity (Wildman–Crippen MR) is 117 cm³/mol. The van der Waals surface area contributed by atoms with Gasteiger partial charge >= 0.3 is 0 Å². The van der Waals surface area contributed by atoms with Gasteiger partial charge in [0.25, 0.3) is 0 Å². The van der Waals surface area contributed by atoms with E-state index < -0.39 is 5.41 Å². The Labute approximate surface area is 182 Å². The first-order valence-corrected chi connectivity index (χ1v) is 11.0. The number of amides is 1. The lowest BCUT2D eigenvalue weighted by Gasteiger charge is -2.36. The Morgan fingerprint density at radius 2 is 1.97 bits per heavy atom. The van der Waals surface area contributed by atoms with Gasteiger partial charge in [-0.05, 0) is 61.4 Å². The molecule has 1 atom stereocenters. The highest BCUT2D eigenvalue weighted by Gasteiger charge is 2.41. The molecular weight excluding hydrogens is 397 g/mol. The van der Waals surface area contributed by atoms with Crippen molar-refractivity contribution in [2.75, 3.05) is 33.5 Å². The lowest BCUT2D eigenvalue weighted by atomic mass is 9.73. The number of carbonyl (C=O) groups excluding carboxylic acids is 1. The largest absolute Gasteiger partial charge is 0.496 e. The van der Waals surface area contributed by atoms with E-state index in [9.17, 15) is 9.18 Å². The third kappa shape index (κ3) is 4.91. The van der Waals surface area contributed by atoms with E-state index in [1.54, 1.807) is 13.2 Å². The van der Waals surface area contributed by atoms with Crippen LogP contribution < -0.4 is 10.1 Å². The summed E-state index contributed by atoms with van der Waals surface area (Å²) < 4.78 is 30.8. The van der Waals surface area contributed by atoms with Crippen molar-refractivity contribution in [3.8, 4) is 16.9 Å². The van der Waals surface area contributed by atoms with Crippen molar-refractivity contribution in [1.29, 1.82) is 0 Å². The minimum absolute atomic E-state index is 0.0484. The maximum Gasteiger partial charge on any atom is 0.226 e. The van der Waals surface area contributed by atoms with Crippen LogP contribution in [-0.2, 0) is 20.7 Å². The highest BCUT2D eigenvalue weighted by Crippen LogP contribution is 2.40. The fourth-order valence-corrected chi connectivity index (χ4v) is 4.64. The minimum Gasteiger partial charge on any atom is -0.496 e. The Hall–Kier alpha value is -2.44. The lowest BCUT2D eigenvalue weighted by molar-refractivity contribution is -0.137. The fraction of sp³-hybridized carbons (Fsp3) is 0.480. The van der Waals surface area contributed by atoms with Gasteiger partial charge in [0, 0.05) is 31.9 Å². The summed E-state index contributed by atoms with van der Waals surface area (Å²) in [6, 6.07) is 12.4. The average Bonchev–Trinajstić information content (AvgIpc) is 3.32. The fourth-order valence-electron chi connectivity index (χ4n) is 4.64. The van der Waals surface area contributed by atoms with Gasteiger partial charge in [-0.3, -0.25) is 4.79 Å². The Kier molecular flexibility index (Phi) is 6.88. The van der Waals surface area contributed by atoms with Crippen LogP contribution >= 0.6 is 0 Å². The molecule has 1 amide bonds. The van der Waals surface area contributed by atoms with Gasteiger partial charge in [-0.25, -0.2) is 4.39 Å². The van der Waals surface area contributed by atoms with Gasteiger partial charge in [-0.2, -0.15) is 0 Å². The van der Waals surface area contributed by atoms with Crippen molar-refractivity contribution >= 4 is 5.91 Å². The van der Waals surface area contributed by atoms with E-state index in [0.717, 1.165) is 30.6 Å². The standard InChI is InChI=1S/C25H30FNO4/c1-29-23-9-8-19(26)15-22(23)21-7-3-2-5-18(21)16-25(10-13-30-14-11-25)24(28)27-17-20-6-4-12-31-20/h2-3,5,7-9,15,20H,4,6,10-14,16-17H2,1H3,(H,27,28). The Morgan fingerprint density at radius 3 is 2.71 bits per heavy atom. The smallest absolute Gasteiger partial charge is 0.226 e. The van der Waals surface area contributed by atoms with Crippen LogP contribution in [0.25, 0.3) is 11.1 Å². The first-order chi connectivity index (χ1) is 15.1. The van der Waals surface area contributed by atoms with Crippen molar-refractivity contribution in [2.24, 2.45) is 5.41 Å². The zero-order chi connectivity index (χ0) is 21.7. The molecule has 1 N–H and O–H groups in total. The van der Waals surface area contributed by atoms with Crippen molar-refractivity contribution < 1.29 is 23.4 Å². The molecule has 2 aromatic rings. The van der Waals surface area contributed by atoms with Gasteiger partial charge < -0.3 is 19.5 Å². The molecule has 2 heterocycles. The van der Waals surface area contributed by atoms with E-state index in [0.29, 0.717) is 50.3 Å². The molecule has 2 aromatic carbocycles. The molecule has 0 radical (unpaired) electrons. The number of hydrogen-bond donors (Lipinski definition) is 1. The monoisotopic (exact) mass is 427 g/mol. The maximum absolute atomic E-state index is 14.1. The van der Waals surface area contributed by atoms with Gasteiger partial charge in [-0.15, -0.1) is 0 Å². The van der Waals surface area contributed by atoms with Crippen molar-refractivity contribution in [1.82, 2.24) is 5.32 Å². The lowest BCUT2D eigenvalue weighted by Crippen LogP contribution is -2.48. The summed E-state index contributed by atoms with van der Waals surface area (Å²) in [5, 5.41) is 3.14. The van der Waals surface area contributed by atoms with Gasteiger partial charge in [0.2, 0.25) is 5.91 Å². The van der Waals surface area contributed by atoms with E-state index in [4.69, 9.17) is 14.2 Å². The van der Waals surface area contributed by atoms with Crippen LogP contribution in [0.4, 0.5) is 4.39 Å². The molecular formula is C25H30FNO4. The third-order valence-electron chi connectivity index (χ3n) is 6.44. The molecule has 5 nitrogen and oxygen atoms in total. The molecule has 0 aliphatic carbocycles. The van der Waals surface area contributed by atoms with Crippen molar-refractivity contribution in [2.45, 2.75) is 38.2 Å². The van der Waals surface area contributed by atoms with Crippen LogP contribution in [0.5, 0.6) is 5.75 Å². The molecule has 4 rings (SSSR count). The van der Waals surface area contributed by atoms with E-state index in [-0.39, 0.29) is 17.8 Å².